The first-order chi connectivity index (χ1) is 12.7. The van der Waals surface area contributed by atoms with E-state index in [-0.39, 0.29) is 5.91 Å². The minimum atomic E-state index is 0.188. The molecule has 3 rings (SSSR count). The summed E-state index contributed by atoms with van der Waals surface area (Å²) in [4.78, 5) is 18.6. The zero-order valence-corrected chi connectivity index (χ0v) is 15.3. The molecule has 1 atom stereocenters. The first-order valence-electron chi connectivity index (χ1n) is 8.94. The molecule has 0 bridgehead atoms. The van der Waals surface area contributed by atoms with E-state index >= 15 is 0 Å². The lowest BCUT2D eigenvalue weighted by molar-refractivity contribution is -0.130. The highest BCUT2D eigenvalue weighted by atomic mass is 16.5. The molecule has 1 aromatic heterocycles. The van der Waals surface area contributed by atoms with E-state index in [9.17, 15) is 4.79 Å². The minimum absolute atomic E-state index is 0.188. The number of hydrogen-bond donors (Lipinski definition) is 0. The summed E-state index contributed by atoms with van der Waals surface area (Å²) in [7, 11) is 3.31. The predicted molar refractivity (Wildman–Crippen MR) is 95.8 cm³/mol. The van der Waals surface area contributed by atoms with Gasteiger partial charge in [-0.2, -0.15) is 4.98 Å². The number of amides is 1. The highest BCUT2D eigenvalue weighted by Gasteiger charge is 2.25. The summed E-state index contributed by atoms with van der Waals surface area (Å²) in [6.45, 7) is 2.34. The van der Waals surface area contributed by atoms with Gasteiger partial charge < -0.3 is 18.9 Å². The van der Waals surface area contributed by atoms with Crippen molar-refractivity contribution in [2.45, 2.75) is 25.7 Å². The van der Waals surface area contributed by atoms with Crippen LogP contribution in [0.3, 0.4) is 0 Å². The minimum Gasteiger partial charge on any atom is -0.496 e. The molecule has 0 radical (unpaired) electrons. The van der Waals surface area contributed by atoms with E-state index in [2.05, 4.69) is 10.1 Å². The van der Waals surface area contributed by atoms with Crippen LogP contribution in [0, 0.1) is 5.92 Å². The van der Waals surface area contributed by atoms with Gasteiger partial charge in [-0.1, -0.05) is 17.3 Å². The van der Waals surface area contributed by atoms with Crippen molar-refractivity contribution < 1.29 is 18.8 Å². The van der Waals surface area contributed by atoms with Crippen LogP contribution in [-0.4, -0.2) is 54.9 Å². The van der Waals surface area contributed by atoms with Gasteiger partial charge in [0.25, 0.3) is 0 Å². The van der Waals surface area contributed by atoms with Gasteiger partial charge in [0.2, 0.25) is 17.6 Å². The molecule has 0 spiro atoms. The van der Waals surface area contributed by atoms with E-state index in [1.165, 1.54) is 0 Å². The summed E-state index contributed by atoms with van der Waals surface area (Å²) in [5.74, 6) is 2.40. The average Bonchev–Trinajstić information content (AvgIpc) is 3.32. The van der Waals surface area contributed by atoms with Gasteiger partial charge in [0.15, 0.2) is 0 Å². The third-order valence-electron chi connectivity index (χ3n) is 4.64. The van der Waals surface area contributed by atoms with Crippen molar-refractivity contribution in [3.05, 3.63) is 30.2 Å². The number of aromatic nitrogens is 2. The van der Waals surface area contributed by atoms with Crippen molar-refractivity contribution in [2.24, 2.45) is 5.92 Å². The topological polar surface area (TPSA) is 77.7 Å². The molecule has 0 aliphatic carbocycles. The number of rotatable bonds is 8. The molecule has 2 heterocycles. The normalized spacial score (nSPS) is 16.8. The highest BCUT2D eigenvalue weighted by Crippen LogP contribution is 2.27. The number of benzene rings is 1. The molecule has 1 aliphatic heterocycles. The second kappa shape index (κ2) is 8.80. The summed E-state index contributed by atoms with van der Waals surface area (Å²) in [6, 6.07) is 7.54. The summed E-state index contributed by atoms with van der Waals surface area (Å²) in [5.41, 5.74) is 0.794. The molecule has 1 amide bonds. The third-order valence-corrected chi connectivity index (χ3v) is 4.64. The molecular weight excluding hydrogens is 334 g/mol. The van der Waals surface area contributed by atoms with Gasteiger partial charge in [0.05, 0.1) is 19.3 Å². The fraction of sp³-hybridized carbons (Fsp3) is 0.526. The quantitative estimate of drug-likeness (QED) is 0.721. The van der Waals surface area contributed by atoms with Crippen LogP contribution in [0.1, 0.15) is 25.2 Å². The van der Waals surface area contributed by atoms with Crippen LogP contribution in [0.5, 0.6) is 5.75 Å². The van der Waals surface area contributed by atoms with Gasteiger partial charge in [-0.25, -0.2) is 0 Å². The van der Waals surface area contributed by atoms with Gasteiger partial charge in [-0.3, -0.25) is 4.79 Å². The molecular formula is C19H25N3O4. The average molecular weight is 359 g/mol. The van der Waals surface area contributed by atoms with Crippen LogP contribution >= 0.6 is 0 Å². The van der Waals surface area contributed by atoms with E-state index in [1.807, 2.05) is 29.2 Å². The summed E-state index contributed by atoms with van der Waals surface area (Å²) in [6.07, 6.45) is 2.79. The van der Waals surface area contributed by atoms with Crippen molar-refractivity contribution in [3.8, 4) is 17.1 Å². The second-order valence-electron chi connectivity index (χ2n) is 6.52. The summed E-state index contributed by atoms with van der Waals surface area (Å²) in [5, 5.41) is 4.03. The van der Waals surface area contributed by atoms with E-state index in [0.29, 0.717) is 42.6 Å². The maximum atomic E-state index is 12.3. The molecule has 0 saturated carbocycles. The van der Waals surface area contributed by atoms with Gasteiger partial charge in [0.1, 0.15) is 5.75 Å². The standard InChI is InChI=1S/C19H25N3O4/c1-24-13-14-10-11-22(12-14)18(23)9-5-8-17-20-19(21-26-17)15-6-3-4-7-16(15)25-2/h3-4,6-7,14H,5,8-13H2,1-2H3/t14-/m0/s1. The molecule has 0 unspecified atom stereocenters. The molecule has 140 valence electrons. The number of ether oxygens (including phenoxy) is 2. The summed E-state index contributed by atoms with van der Waals surface area (Å²) < 4.78 is 15.8. The molecule has 1 aliphatic rings. The van der Waals surface area contributed by atoms with Crippen LogP contribution in [0.25, 0.3) is 11.4 Å². The highest BCUT2D eigenvalue weighted by molar-refractivity contribution is 5.76. The van der Waals surface area contributed by atoms with Crippen molar-refractivity contribution >= 4 is 5.91 Å². The molecule has 7 nitrogen and oxygen atoms in total. The fourth-order valence-electron chi connectivity index (χ4n) is 3.28. The second-order valence-corrected chi connectivity index (χ2v) is 6.52. The Morgan fingerprint density at radius 2 is 2.19 bits per heavy atom. The largest absolute Gasteiger partial charge is 0.496 e. The SMILES string of the molecule is COC[C@H]1CCN(C(=O)CCCc2nc(-c3ccccc3OC)no2)C1. The molecule has 1 saturated heterocycles. The number of carbonyl (C=O) groups excluding carboxylic acids is 1. The number of likely N-dealkylation sites (tertiary alicyclic amines) is 1. The molecule has 1 fully saturated rings. The monoisotopic (exact) mass is 359 g/mol. The Balaban J connectivity index is 1.49. The van der Waals surface area contributed by atoms with Crippen LogP contribution in [0.2, 0.25) is 0 Å². The molecule has 2 aromatic rings. The third kappa shape index (κ3) is 4.40. The number of carbonyl (C=O) groups is 1. The lowest BCUT2D eigenvalue weighted by Crippen LogP contribution is -2.29. The van der Waals surface area contributed by atoms with E-state index < -0.39 is 0 Å². The number of hydrogen-bond acceptors (Lipinski definition) is 6. The van der Waals surface area contributed by atoms with Crippen molar-refractivity contribution in [2.75, 3.05) is 33.9 Å². The first kappa shape index (κ1) is 18.4. The Labute approximate surface area is 153 Å². The zero-order chi connectivity index (χ0) is 18.4. The lowest BCUT2D eigenvalue weighted by atomic mass is 10.1. The smallest absolute Gasteiger partial charge is 0.226 e. The van der Waals surface area contributed by atoms with E-state index in [4.69, 9.17) is 14.0 Å². The maximum absolute atomic E-state index is 12.3. The number of nitrogens with zero attached hydrogens (tertiary/aromatic N) is 3. The Hall–Kier alpha value is -2.41. The number of para-hydroxylation sites is 1. The maximum Gasteiger partial charge on any atom is 0.226 e. The van der Waals surface area contributed by atoms with Gasteiger partial charge in [-0.15, -0.1) is 0 Å². The molecule has 26 heavy (non-hydrogen) atoms. The van der Waals surface area contributed by atoms with Crippen molar-refractivity contribution in [1.29, 1.82) is 0 Å². The van der Waals surface area contributed by atoms with E-state index in [0.717, 1.165) is 31.7 Å². The Morgan fingerprint density at radius 1 is 1.35 bits per heavy atom. The van der Waals surface area contributed by atoms with E-state index in [1.54, 1.807) is 14.2 Å². The Kier molecular flexibility index (Phi) is 6.22. The number of aryl methyl sites for hydroxylation is 1. The van der Waals surface area contributed by atoms with Crippen molar-refractivity contribution in [3.63, 3.8) is 0 Å². The van der Waals surface area contributed by atoms with Crippen LogP contribution in [0.15, 0.2) is 28.8 Å². The van der Waals surface area contributed by atoms with Crippen LogP contribution in [0.4, 0.5) is 0 Å². The molecule has 0 N–H and O–H groups in total. The lowest BCUT2D eigenvalue weighted by Gasteiger charge is -2.16. The Bertz CT molecular complexity index is 731. The Morgan fingerprint density at radius 3 is 3.00 bits per heavy atom. The van der Waals surface area contributed by atoms with Crippen LogP contribution in [-0.2, 0) is 16.0 Å². The van der Waals surface area contributed by atoms with Gasteiger partial charge in [0, 0.05) is 39.0 Å². The fourth-order valence-corrected chi connectivity index (χ4v) is 3.28. The predicted octanol–water partition coefficient (Wildman–Crippen LogP) is 2.56. The summed E-state index contributed by atoms with van der Waals surface area (Å²) >= 11 is 0. The van der Waals surface area contributed by atoms with Crippen molar-refractivity contribution in [1.82, 2.24) is 15.0 Å². The molecule has 7 heteroatoms. The van der Waals surface area contributed by atoms with Gasteiger partial charge in [-0.05, 0) is 25.0 Å². The van der Waals surface area contributed by atoms with Crippen LogP contribution < -0.4 is 4.74 Å². The van der Waals surface area contributed by atoms with Gasteiger partial charge >= 0.3 is 0 Å². The first-order valence-corrected chi connectivity index (χ1v) is 8.94. The molecule has 1 aromatic carbocycles. The number of methoxy groups -OCH3 is 2. The zero-order valence-electron chi connectivity index (χ0n) is 15.3.